The highest BCUT2D eigenvalue weighted by Crippen LogP contribution is 2.22. The van der Waals surface area contributed by atoms with Crippen molar-refractivity contribution < 1.29 is 5.11 Å². The molecule has 2 atom stereocenters. The second kappa shape index (κ2) is 9.09. The van der Waals surface area contributed by atoms with E-state index in [0.29, 0.717) is 12.1 Å². The zero-order chi connectivity index (χ0) is 15.9. The molecule has 1 fully saturated rings. The average molecular weight is 300 g/mol. The fourth-order valence-corrected chi connectivity index (χ4v) is 3.42. The fraction of sp³-hybridized carbons (Fsp3) is 1.00. The average Bonchev–Trinajstić information content (AvgIpc) is 2.52. The van der Waals surface area contributed by atoms with E-state index in [1.54, 1.807) is 0 Å². The van der Waals surface area contributed by atoms with Crippen LogP contribution in [-0.4, -0.2) is 72.4 Å². The number of hydrogen-bond acceptors (Lipinski definition) is 4. The minimum atomic E-state index is -0.159. The van der Waals surface area contributed by atoms with Crippen molar-refractivity contribution in [1.82, 2.24) is 15.1 Å². The Labute approximate surface area is 131 Å². The SMILES string of the molecule is CCCNC(C)(CO)CC(C)N(C)C1CCN(CC)CC1. The summed E-state index contributed by atoms with van der Waals surface area (Å²) in [5, 5.41) is 13.2. The predicted octanol–water partition coefficient (Wildman–Crippen LogP) is 1.93. The lowest BCUT2D eigenvalue weighted by atomic mass is 9.92. The molecule has 1 saturated heterocycles. The monoisotopic (exact) mass is 299 g/mol. The molecule has 0 saturated carbocycles. The third kappa shape index (κ3) is 5.85. The highest BCUT2D eigenvalue weighted by atomic mass is 16.3. The number of likely N-dealkylation sites (tertiary alicyclic amines) is 1. The van der Waals surface area contributed by atoms with Crippen molar-refractivity contribution >= 4 is 0 Å². The van der Waals surface area contributed by atoms with Crippen LogP contribution in [0.4, 0.5) is 0 Å². The van der Waals surface area contributed by atoms with Crippen LogP contribution >= 0.6 is 0 Å². The molecule has 0 aromatic rings. The largest absolute Gasteiger partial charge is 0.394 e. The van der Waals surface area contributed by atoms with Crippen LogP contribution in [0.3, 0.4) is 0 Å². The fourth-order valence-electron chi connectivity index (χ4n) is 3.42. The van der Waals surface area contributed by atoms with E-state index in [-0.39, 0.29) is 12.1 Å². The van der Waals surface area contributed by atoms with Crippen molar-refractivity contribution in [3.63, 3.8) is 0 Å². The van der Waals surface area contributed by atoms with E-state index in [1.165, 1.54) is 32.5 Å². The molecule has 1 aliphatic rings. The van der Waals surface area contributed by atoms with Crippen molar-refractivity contribution in [2.24, 2.45) is 0 Å². The lowest BCUT2D eigenvalue weighted by Gasteiger charge is -2.42. The number of aliphatic hydroxyl groups excluding tert-OH is 1. The summed E-state index contributed by atoms with van der Waals surface area (Å²) in [6.07, 6.45) is 4.64. The standard InChI is InChI=1S/C17H37N3O/c1-6-10-18-17(4,14-21)13-15(3)19(5)16-8-11-20(7-2)12-9-16/h15-16,18,21H,6-14H2,1-5H3. The van der Waals surface area contributed by atoms with E-state index in [2.05, 4.69) is 49.9 Å². The lowest BCUT2D eigenvalue weighted by molar-refractivity contribution is 0.0741. The van der Waals surface area contributed by atoms with Gasteiger partial charge in [-0.15, -0.1) is 0 Å². The Morgan fingerprint density at radius 2 is 1.95 bits per heavy atom. The van der Waals surface area contributed by atoms with E-state index in [1.807, 2.05) is 0 Å². The van der Waals surface area contributed by atoms with Crippen molar-refractivity contribution in [3.8, 4) is 0 Å². The van der Waals surface area contributed by atoms with Gasteiger partial charge in [-0.2, -0.15) is 0 Å². The molecule has 21 heavy (non-hydrogen) atoms. The molecular formula is C17H37N3O. The van der Waals surface area contributed by atoms with Gasteiger partial charge in [-0.05, 0) is 72.8 Å². The number of aliphatic hydroxyl groups is 1. The number of nitrogens with zero attached hydrogens (tertiary/aromatic N) is 2. The van der Waals surface area contributed by atoms with Crippen LogP contribution in [0, 0.1) is 0 Å². The molecule has 0 aliphatic carbocycles. The van der Waals surface area contributed by atoms with Gasteiger partial charge < -0.3 is 20.2 Å². The molecule has 0 bridgehead atoms. The summed E-state index contributed by atoms with van der Waals surface area (Å²) in [5.41, 5.74) is -0.159. The van der Waals surface area contributed by atoms with Gasteiger partial charge in [0.15, 0.2) is 0 Å². The van der Waals surface area contributed by atoms with Gasteiger partial charge >= 0.3 is 0 Å². The summed E-state index contributed by atoms with van der Waals surface area (Å²) >= 11 is 0. The third-order valence-electron chi connectivity index (χ3n) is 5.17. The van der Waals surface area contributed by atoms with Crippen molar-refractivity contribution in [2.75, 3.05) is 39.8 Å². The zero-order valence-electron chi connectivity index (χ0n) is 14.9. The third-order valence-corrected chi connectivity index (χ3v) is 5.17. The Hall–Kier alpha value is -0.160. The van der Waals surface area contributed by atoms with Crippen LogP contribution in [-0.2, 0) is 0 Å². The lowest BCUT2D eigenvalue weighted by Crippen LogP contribution is -2.53. The molecule has 1 rings (SSSR count). The second-order valence-electron chi connectivity index (χ2n) is 7.03. The van der Waals surface area contributed by atoms with Crippen molar-refractivity contribution in [2.45, 2.75) is 71.0 Å². The summed E-state index contributed by atoms with van der Waals surface area (Å²) in [5.74, 6) is 0. The highest BCUT2D eigenvalue weighted by molar-refractivity contribution is 4.89. The number of rotatable bonds is 9. The maximum absolute atomic E-state index is 9.73. The number of hydrogen-bond donors (Lipinski definition) is 2. The van der Waals surface area contributed by atoms with Gasteiger partial charge in [0.1, 0.15) is 0 Å². The number of nitrogens with one attached hydrogen (secondary N) is 1. The second-order valence-corrected chi connectivity index (χ2v) is 7.03. The molecule has 0 aromatic heterocycles. The van der Waals surface area contributed by atoms with Gasteiger partial charge in [-0.25, -0.2) is 0 Å². The van der Waals surface area contributed by atoms with Gasteiger partial charge in [0.05, 0.1) is 6.61 Å². The first-order valence-corrected chi connectivity index (χ1v) is 8.76. The predicted molar refractivity (Wildman–Crippen MR) is 90.8 cm³/mol. The Bertz CT molecular complexity index is 279. The zero-order valence-corrected chi connectivity index (χ0v) is 14.9. The summed E-state index contributed by atoms with van der Waals surface area (Å²) in [6.45, 7) is 13.7. The topological polar surface area (TPSA) is 38.7 Å². The Morgan fingerprint density at radius 1 is 1.33 bits per heavy atom. The summed E-state index contributed by atoms with van der Waals surface area (Å²) in [4.78, 5) is 5.07. The van der Waals surface area contributed by atoms with E-state index < -0.39 is 0 Å². The minimum Gasteiger partial charge on any atom is -0.394 e. The van der Waals surface area contributed by atoms with Crippen LogP contribution in [0.5, 0.6) is 0 Å². The molecule has 0 spiro atoms. The van der Waals surface area contributed by atoms with Gasteiger partial charge in [-0.1, -0.05) is 13.8 Å². The summed E-state index contributed by atoms with van der Waals surface area (Å²) < 4.78 is 0. The smallest absolute Gasteiger partial charge is 0.0611 e. The molecule has 2 unspecified atom stereocenters. The number of piperidine rings is 1. The van der Waals surface area contributed by atoms with Crippen LogP contribution in [0.25, 0.3) is 0 Å². The molecule has 4 heteroatoms. The van der Waals surface area contributed by atoms with Crippen LogP contribution < -0.4 is 5.32 Å². The van der Waals surface area contributed by atoms with Gasteiger partial charge in [0.2, 0.25) is 0 Å². The summed E-state index contributed by atoms with van der Waals surface area (Å²) in [7, 11) is 2.26. The van der Waals surface area contributed by atoms with Gasteiger partial charge in [-0.3, -0.25) is 0 Å². The van der Waals surface area contributed by atoms with Crippen molar-refractivity contribution in [3.05, 3.63) is 0 Å². The first-order chi connectivity index (χ1) is 9.95. The van der Waals surface area contributed by atoms with Gasteiger partial charge in [0.25, 0.3) is 0 Å². The molecule has 0 radical (unpaired) electrons. The quantitative estimate of drug-likeness (QED) is 0.682. The van der Waals surface area contributed by atoms with Crippen LogP contribution in [0.1, 0.15) is 53.4 Å². The molecule has 126 valence electrons. The molecule has 4 nitrogen and oxygen atoms in total. The molecule has 0 amide bonds. The molecule has 2 N–H and O–H groups in total. The minimum absolute atomic E-state index is 0.159. The molecule has 0 aromatic carbocycles. The van der Waals surface area contributed by atoms with Gasteiger partial charge in [0, 0.05) is 17.6 Å². The Balaban J connectivity index is 2.47. The van der Waals surface area contributed by atoms with Crippen LogP contribution in [0.2, 0.25) is 0 Å². The van der Waals surface area contributed by atoms with E-state index >= 15 is 0 Å². The molecule has 1 aliphatic heterocycles. The highest BCUT2D eigenvalue weighted by Gasteiger charge is 2.30. The summed E-state index contributed by atoms with van der Waals surface area (Å²) in [6, 6.07) is 1.18. The van der Waals surface area contributed by atoms with E-state index in [4.69, 9.17) is 0 Å². The Kier molecular flexibility index (Phi) is 8.17. The van der Waals surface area contributed by atoms with Crippen molar-refractivity contribution in [1.29, 1.82) is 0 Å². The van der Waals surface area contributed by atoms with Crippen LogP contribution in [0.15, 0.2) is 0 Å². The van der Waals surface area contributed by atoms with E-state index in [0.717, 1.165) is 19.4 Å². The normalized spacial score (nSPS) is 22.4. The first kappa shape index (κ1) is 18.9. The first-order valence-electron chi connectivity index (χ1n) is 8.76. The maximum Gasteiger partial charge on any atom is 0.0611 e. The molecular weight excluding hydrogens is 262 g/mol. The van der Waals surface area contributed by atoms with E-state index in [9.17, 15) is 5.11 Å². The maximum atomic E-state index is 9.73. The Morgan fingerprint density at radius 3 is 2.43 bits per heavy atom. The molecule has 1 heterocycles.